The maximum atomic E-state index is 12.0. The lowest BCUT2D eigenvalue weighted by atomic mass is 10.1. The van der Waals surface area contributed by atoms with Gasteiger partial charge < -0.3 is 4.74 Å². The average Bonchev–Trinajstić information content (AvgIpc) is 2.84. The van der Waals surface area contributed by atoms with Crippen molar-refractivity contribution in [3.05, 3.63) is 52.2 Å². The molecular weight excluding hydrogens is 248 g/mol. The Morgan fingerprint density at radius 2 is 1.94 bits per heavy atom. The van der Waals surface area contributed by atoms with Gasteiger partial charge in [0.25, 0.3) is 0 Å². The third-order valence-electron chi connectivity index (χ3n) is 2.37. The zero-order valence-electron chi connectivity index (χ0n) is 9.88. The second-order valence-corrected chi connectivity index (χ2v) is 4.73. The van der Waals surface area contributed by atoms with Crippen molar-refractivity contribution >= 4 is 23.1 Å². The molecule has 0 saturated heterocycles. The second-order valence-electron chi connectivity index (χ2n) is 3.78. The maximum absolute atomic E-state index is 12.0. The smallest absolute Gasteiger partial charge is 0.308 e. The van der Waals surface area contributed by atoms with Gasteiger partial charge in [-0.3, -0.25) is 9.59 Å². The molecule has 0 aliphatic heterocycles. The lowest BCUT2D eigenvalue weighted by Crippen LogP contribution is -2.07. The third kappa shape index (κ3) is 3.05. The van der Waals surface area contributed by atoms with E-state index in [1.807, 2.05) is 17.5 Å². The van der Waals surface area contributed by atoms with Crippen LogP contribution in [0.5, 0.6) is 5.75 Å². The summed E-state index contributed by atoms with van der Waals surface area (Å²) >= 11 is 1.41. The molecule has 1 aromatic heterocycles. The van der Waals surface area contributed by atoms with Crippen LogP contribution in [0.1, 0.15) is 22.2 Å². The summed E-state index contributed by atoms with van der Waals surface area (Å²) in [5.74, 6) is 0.102. The van der Waals surface area contributed by atoms with Crippen LogP contribution in [0.4, 0.5) is 0 Å². The number of thiophene rings is 1. The minimum Gasteiger partial charge on any atom is -0.426 e. The van der Waals surface area contributed by atoms with Gasteiger partial charge in [-0.15, -0.1) is 11.3 Å². The Labute approximate surface area is 109 Å². The summed E-state index contributed by atoms with van der Waals surface area (Å²) in [5.41, 5.74) is 0.728. The minimum absolute atomic E-state index is 0.0320. The van der Waals surface area contributed by atoms with Crippen LogP contribution in [0.25, 0.3) is 0 Å². The van der Waals surface area contributed by atoms with Gasteiger partial charge in [-0.25, -0.2) is 0 Å². The Morgan fingerprint density at radius 3 is 2.61 bits per heavy atom. The van der Waals surface area contributed by atoms with Gasteiger partial charge in [-0.05, 0) is 17.5 Å². The first-order valence-corrected chi connectivity index (χ1v) is 6.38. The first kappa shape index (κ1) is 12.5. The number of carbonyl (C=O) groups is 2. The third-order valence-corrected chi connectivity index (χ3v) is 3.28. The van der Waals surface area contributed by atoms with Crippen LogP contribution in [0, 0.1) is 0 Å². The molecule has 1 heterocycles. The molecule has 1 aromatic carbocycles. The molecule has 2 rings (SSSR count). The zero-order valence-corrected chi connectivity index (χ0v) is 10.7. The van der Waals surface area contributed by atoms with E-state index in [-0.39, 0.29) is 18.2 Å². The highest BCUT2D eigenvalue weighted by Crippen LogP contribution is 2.21. The van der Waals surface area contributed by atoms with Crippen LogP contribution < -0.4 is 4.74 Å². The van der Waals surface area contributed by atoms with Gasteiger partial charge in [0.1, 0.15) is 5.75 Å². The van der Waals surface area contributed by atoms with E-state index in [0.717, 1.165) is 5.56 Å². The zero-order chi connectivity index (χ0) is 13.0. The number of benzene rings is 1. The first-order valence-electron chi connectivity index (χ1n) is 5.50. The number of ether oxygens (including phenoxy) is 1. The number of hydrogen-bond acceptors (Lipinski definition) is 4. The van der Waals surface area contributed by atoms with Crippen molar-refractivity contribution in [3.63, 3.8) is 0 Å². The summed E-state index contributed by atoms with van der Waals surface area (Å²) in [5, 5.41) is 1.87. The molecule has 0 bridgehead atoms. The topological polar surface area (TPSA) is 43.4 Å². The molecule has 0 amide bonds. The molecule has 0 saturated carbocycles. The number of carbonyl (C=O) groups excluding carboxylic acids is 2. The van der Waals surface area contributed by atoms with Crippen LogP contribution in [0.3, 0.4) is 0 Å². The SMILES string of the molecule is CC(=O)Oc1ccccc1CC(=O)c1cccs1. The van der Waals surface area contributed by atoms with Gasteiger partial charge in [-0.2, -0.15) is 0 Å². The number of para-hydroxylation sites is 1. The van der Waals surface area contributed by atoms with E-state index in [4.69, 9.17) is 4.74 Å². The van der Waals surface area contributed by atoms with Crippen LogP contribution in [0.2, 0.25) is 0 Å². The van der Waals surface area contributed by atoms with Crippen molar-refractivity contribution in [2.24, 2.45) is 0 Å². The predicted octanol–water partition coefficient (Wildman–Crippen LogP) is 3.10. The van der Waals surface area contributed by atoms with Crippen LogP contribution in [0.15, 0.2) is 41.8 Å². The Bertz CT molecular complexity index is 558. The van der Waals surface area contributed by atoms with Crippen molar-refractivity contribution in [1.29, 1.82) is 0 Å². The highest BCUT2D eigenvalue weighted by atomic mass is 32.1. The summed E-state index contributed by atoms with van der Waals surface area (Å²) in [4.78, 5) is 23.7. The molecule has 92 valence electrons. The van der Waals surface area contributed by atoms with Crippen LogP contribution >= 0.6 is 11.3 Å². The minimum atomic E-state index is -0.383. The summed E-state index contributed by atoms with van der Waals surface area (Å²) in [6, 6.07) is 10.7. The molecule has 0 radical (unpaired) electrons. The molecule has 4 heteroatoms. The fraction of sp³-hybridized carbons (Fsp3) is 0.143. The molecular formula is C14H12O3S. The van der Waals surface area contributed by atoms with Gasteiger partial charge in [0.05, 0.1) is 4.88 Å². The van der Waals surface area contributed by atoms with Crippen LogP contribution in [-0.2, 0) is 11.2 Å². The molecule has 3 nitrogen and oxygen atoms in total. The predicted molar refractivity (Wildman–Crippen MR) is 70.1 cm³/mol. The molecule has 2 aromatic rings. The van der Waals surface area contributed by atoms with Crippen LogP contribution in [-0.4, -0.2) is 11.8 Å². The number of rotatable bonds is 4. The average molecular weight is 260 g/mol. The molecule has 0 spiro atoms. The van der Waals surface area contributed by atoms with E-state index in [9.17, 15) is 9.59 Å². The van der Waals surface area contributed by atoms with Crippen molar-refractivity contribution in [3.8, 4) is 5.75 Å². The molecule has 18 heavy (non-hydrogen) atoms. The number of Topliss-reactive ketones (excluding diaryl/α,β-unsaturated/α-hetero) is 1. The van der Waals surface area contributed by atoms with Crippen molar-refractivity contribution in [2.75, 3.05) is 0 Å². The Kier molecular flexibility index (Phi) is 3.89. The quantitative estimate of drug-likeness (QED) is 0.482. The number of esters is 1. The summed E-state index contributed by atoms with van der Waals surface area (Å²) in [7, 11) is 0. The normalized spacial score (nSPS) is 10.1. The van der Waals surface area contributed by atoms with Gasteiger partial charge in [-0.1, -0.05) is 24.3 Å². The summed E-state index contributed by atoms with van der Waals surface area (Å²) in [6.07, 6.45) is 0.240. The second kappa shape index (κ2) is 5.60. The lowest BCUT2D eigenvalue weighted by molar-refractivity contribution is -0.131. The van der Waals surface area contributed by atoms with Gasteiger partial charge in [0.2, 0.25) is 0 Å². The fourth-order valence-electron chi connectivity index (χ4n) is 1.60. The molecule has 0 unspecified atom stereocenters. The van der Waals surface area contributed by atoms with E-state index < -0.39 is 0 Å². The molecule has 0 N–H and O–H groups in total. The molecule has 0 atom stereocenters. The fourth-order valence-corrected chi connectivity index (χ4v) is 2.27. The van der Waals surface area contributed by atoms with Crippen molar-refractivity contribution < 1.29 is 14.3 Å². The highest BCUT2D eigenvalue weighted by molar-refractivity contribution is 7.12. The van der Waals surface area contributed by atoms with Gasteiger partial charge >= 0.3 is 5.97 Å². The van der Waals surface area contributed by atoms with E-state index in [2.05, 4.69) is 0 Å². The van der Waals surface area contributed by atoms with Crippen molar-refractivity contribution in [1.82, 2.24) is 0 Å². The monoisotopic (exact) mass is 260 g/mol. The Hall–Kier alpha value is -1.94. The lowest BCUT2D eigenvalue weighted by Gasteiger charge is -2.07. The van der Waals surface area contributed by atoms with E-state index in [1.165, 1.54) is 18.3 Å². The van der Waals surface area contributed by atoms with E-state index >= 15 is 0 Å². The highest BCUT2D eigenvalue weighted by Gasteiger charge is 2.12. The maximum Gasteiger partial charge on any atom is 0.308 e. The molecule has 0 aliphatic carbocycles. The van der Waals surface area contributed by atoms with E-state index in [1.54, 1.807) is 24.3 Å². The number of hydrogen-bond donors (Lipinski definition) is 0. The molecule has 0 aliphatic rings. The largest absolute Gasteiger partial charge is 0.426 e. The standard InChI is InChI=1S/C14H12O3S/c1-10(15)17-13-6-3-2-5-11(13)9-12(16)14-7-4-8-18-14/h2-8H,9H2,1H3. The summed E-state index contributed by atoms with van der Waals surface area (Å²) < 4.78 is 5.08. The Balaban J connectivity index is 2.18. The Morgan fingerprint density at radius 1 is 1.17 bits per heavy atom. The number of ketones is 1. The molecule has 0 fully saturated rings. The van der Waals surface area contributed by atoms with Gasteiger partial charge in [0.15, 0.2) is 5.78 Å². The van der Waals surface area contributed by atoms with Gasteiger partial charge in [0, 0.05) is 18.9 Å². The first-order chi connectivity index (χ1) is 8.66. The van der Waals surface area contributed by atoms with Crippen molar-refractivity contribution in [2.45, 2.75) is 13.3 Å². The van der Waals surface area contributed by atoms with E-state index in [0.29, 0.717) is 10.6 Å². The summed E-state index contributed by atoms with van der Waals surface area (Å²) in [6.45, 7) is 1.35.